The Morgan fingerprint density at radius 2 is 2.21 bits per heavy atom. The van der Waals surface area contributed by atoms with Crippen molar-refractivity contribution in [2.45, 2.75) is 38.8 Å². The van der Waals surface area contributed by atoms with Gasteiger partial charge in [-0.3, -0.25) is 0 Å². The van der Waals surface area contributed by atoms with E-state index >= 15 is 0 Å². The van der Waals surface area contributed by atoms with Crippen LogP contribution in [0.1, 0.15) is 38.3 Å². The summed E-state index contributed by atoms with van der Waals surface area (Å²) < 4.78 is 0. The van der Waals surface area contributed by atoms with Gasteiger partial charge in [-0.2, -0.15) is 0 Å². The Morgan fingerprint density at radius 3 is 2.79 bits per heavy atom. The van der Waals surface area contributed by atoms with Crippen molar-refractivity contribution in [3.8, 4) is 0 Å². The second-order valence-corrected chi connectivity index (χ2v) is 5.61. The standard InChI is InChI=1S/C15H26N4/c1-4-14-11-18(3)8-5-9-19(14)15-7-6-13(10-17-15)12(2)16/h6-7,10,12,14H,4-5,8-9,11,16H2,1-3H3/t12-,14?/m1/s1. The molecule has 0 bridgehead atoms. The van der Waals surface area contributed by atoms with Crippen LogP contribution in [0.15, 0.2) is 18.3 Å². The largest absolute Gasteiger partial charge is 0.352 e. The fourth-order valence-corrected chi connectivity index (χ4v) is 2.73. The molecule has 2 heterocycles. The first-order valence-corrected chi connectivity index (χ1v) is 7.28. The monoisotopic (exact) mass is 262 g/mol. The topological polar surface area (TPSA) is 45.4 Å². The zero-order valence-electron chi connectivity index (χ0n) is 12.3. The van der Waals surface area contributed by atoms with Crippen LogP contribution >= 0.6 is 0 Å². The molecule has 1 fully saturated rings. The van der Waals surface area contributed by atoms with Crippen molar-refractivity contribution in [2.75, 3.05) is 31.6 Å². The highest BCUT2D eigenvalue weighted by atomic mass is 15.3. The molecule has 4 nitrogen and oxygen atoms in total. The molecule has 1 aliphatic rings. The van der Waals surface area contributed by atoms with E-state index in [-0.39, 0.29) is 6.04 Å². The van der Waals surface area contributed by atoms with Gasteiger partial charge in [-0.1, -0.05) is 13.0 Å². The predicted octanol–water partition coefficient (Wildman–Crippen LogP) is 2.02. The average Bonchev–Trinajstić information content (AvgIpc) is 2.60. The van der Waals surface area contributed by atoms with E-state index in [4.69, 9.17) is 5.73 Å². The number of hydrogen-bond donors (Lipinski definition) is 1. The Balaban J connectivity index is 2.17. The molecule has 0 aliphatic carbocycles. The molecule has 2 atom stereocenters. The number of rotatable bonds is 3. The molecular weight excluding hydrogens is 236 g/mol. The van der Waals surface area contributed by atoms with Crippen LogP contribution in [0.3, 0.4) is 0 Å². The number of pyridine rings is 1. The maximum atomic E-state index is 5.88. The molecule has 0 amide bonds. The van der Waals surface area contributed by atoms with Crippen LogP contribution < -0.4 is 10.6 Å². The van der Waals surface area contributed by atoms with Crippen molar-refractivity contribution < 1.29 is 0 Å². The first kappa shape index (κ1) is 14.3. The number of likely N-dealkylation sites (N-methyl/N-ethyl adjacent to an activating group) is 1. The van der Waals surface area contributed by atoms with Crippen molar-refractivity contribution in [3.63, 3.8) is 0 Å². The lowest BCUT2D eigenvalue weighted by Gasteiger charge is -2.31. The van der Waals surface area contributed by atoms with Gasteiger partial charge in [0.15, 0.2) is 0 Å². The normalized spacial score (nSPS) is 23.2. The third-order valence-electron chi connectivity index (χ3n) is 3.96. The van der Waals surface area contributed by atoms with Crippen LogP contribution in [-0.2, 0) is 0 Å². The van der Waals surface area contributed by atoms with Gasteiger partial charge in [0.25, 0.3) is 0 Å². The van der Waals surface area contributed by atoms with Gasteiger partial charge in [-0.25, -0.2) is 4.98 Å². The summed E-state index contributed by atoms with van der Waals surface area (Å²) in [7, 11) is 2.21. The second-order valence-electron chi connectivity index (χ2n) is 5.61. The first-order chi connectivity index (χ1) is 9.11. The van der Waals surface area contributed by atoms with Crippen molar-refractivity contribution >= 4 is 5.82 Å². The van der Waals surface area contributed by atoms with E-state index in [1.54, 1.807) is 0 Å². The predicted molar refractivity (Wildman–Crippen MR) is 80.4 cm³/mol. The highest BCUT2D eigenvalue weighted by Gasteiger charge is 2.22. The minimum absolute atomic E-state index is 0.0544. The fourth-order valence-electron chi connectivity index (χ4n) is 2.73. The molecule has 1 aliphatic heterocycles. The molecular formula is C15H26N4. The van der Waals surface area contributed by atoms with E-state index in [1.807, 2.05) is 13.1 Å². The SMILES string of the molecule is CCC1CN(C)CCCN1c1ccc([C@@H](C)N)cn1. The second kappa shape index (κ2) is 6.35. The quantitative estimate of drug-likeness (QED) is 0.905. The summed E-state index contributed by atoms with van der Waals surface area (Å²) in [5, 5.41) is 0. The lowest BCUT2D eigenvalue weighted by molar-refractivity contribution is 0.327. The molecule has 0 spiro atoms. The molecule has 106 valence electrons. The van der Waals surface area contributed by atoms with Gasteiger partial charge in [0.2, 0.25) is 0 Å². The van der Waals surface area contributed by atoms with E-state index in [0.717, 1.165) is 30.9 Å². The summed E-state index contributed by atoms with van der Waals surface area (Å²) >= 11 is 0. The lowest BCUT2D eigenvalue weighted by atomic mass is 10.1. The van der Waals surface area contributed by atoms with E-state index in [2.05, 4.69) is 40.9 Å². The molecule has 1 unspecified atom stereocenters. The maximum Gasteiger partial charge on any atom is 0.128 e. The molecule has 0 saturated carbocycles. The van der Waals surface area contributed by atoms with Gasteiger partial charge >= 0.3 is 0 Å². The Morgan fingerprint density at radius 1 is 1.42 bits per heavy atom. The number of aromatic nitrogens is 1. The average molecular weight is 262 g/mol. The summed E-state index contributed by atoms with van der Waals surface area (Å²) in [6.45, 7) is 7.63. The molecule has 1 saturated heterocycles. The van der Waals surface area contributed by atoms with Crippen LogP contribution in [0.5, 0.6) is 0 Å². The van der Waals surface area contributed by atoms with Gasteiger partial charge in [0.1, 0.15) is 5.82 Å². The molecule has 0 aromatic carbocycles. The number of nitrogens with zero attached hydrogens (tertiary/aromatic N) is 3. The highest BCUT2D eigenvalue weighted by molar-refractivity contribution is 5.41. The number of nitrogens with two attached hydrogens (primary N) is 1. The van der Waals surface area contributed by atoms with Gasteiger partial charge < -0.3 is 15.5 Å². The van der Waals surface area contributed by atoms with Crippen molar-refractivity contribution in [1.82, 2.24) is 9.88 Å². The van der Waals surface area contributed by atoms with Gasteiger partial charge in [0, 0.05) is 31.4 Å². The van der Waals surface area contributed by atoms with Gasteiger partial charge in [0.05, 0.1) is 0 Å². The van der Waals surface area contributed by atoms with Crippen molar-refractivity contribution in [3.05, 3.63) is 23.9 Å². The van der Waals surface area contributed by atoms with E-state index in [0.29, 0.717) is 6.04 Å². The molecule has 1 aromatic heterocycles. The molecule has 0 radical (unpaired) electrons. The summed E-state index contributed by atoms with van der Waals surface area (Å²) in [5.41, 5.74) is 6.98. The van der Waals surface area contributed by atoms with Crippen molar-refractivity contribution in [2.24, 2.45) is 5.73 Å². The highest BCUT2D eigenvalue weighted by Crippen LogP contribution is 2.21. The fraction of sp³-hybridized carbons (Fsp3) is 0.667. The lowest BCUT2D eigenvalue weighted by Crippen LogP contribution is -2.40. The van der Waals surface area contributed by atoms with E-state index < -0.39 is 0 Å². The molecule has 4 heteroatoms. The van der Waals surface area contributed by atoms with Gasteiger partial charge in [-0.05, 0) is 45.0 Å². The molecule has 2 N–H and O–H groups in total. The van der Waals surface area contributed by atoms with Crippen LogP contribution in [-0.4, -0.2) is 42.6 Å². The van der Waals surface area contributed by atoms with Crippen molar-refractivity contribution in [1.29, 1.82) is 0 Å². The van der Waals surface area contributed by atoms with Crippen LogP contribution in [0.2, 0.25) is 0 Å². The summed E-state index contributed by atoms with van der Waals surface area (Å²) in [6.07, 6.45) is 4.27. The van der Waals surface area contributed by atoms with Crippen LogP contribution in [0.4, 0.5) is 5.82 Å². The Hall–Kier alpha value is -1.13. The Bertz CT molecular complexity index is 388. The molecule has 19 heavy (non-hydrogen) atoms. The smallest absolute Gasteiger partial charge is 0.128 e. The summed E-state index contributed by atoms with van der Waals surface area (Å²) in [4.78, 5) is 9.49. The van der Waals surface area contributed by atoms with E-state index in [9.17, 15) is 0 Å². The Kier molecular flexibility index (Phi) is 4.77. The molecule has 1 aromatic rings. The maximum absolute atomic E-state index is 5.88. The summed E-state index contributed by atoms with van der Waals surface area (Å²) in [5.74, 6) is 1.09. The number of hydrogen-bond acceptors (Lipinski definition) is 4. The third kappa shape index (κ3) is 3.45. The minimum Gasteiger partial charge on any atom is -0.352 e. The zero-order valence-corrected chi connectivity index (χ0v) is 12.3. The van der Waals surface area contributed by atoms with E-state index in [1.165, 1.54) is 13.0 Å². The Labute approximate surface area is 116 Å². The third-order valence-corrected chi connectivity index (χ3v) is 3.96. The zero-order chi connectivity index (χ0) is 13.8. The van der Waals surface area contributed by atoms with Crippen LogP contribution in [0, 0.1) is 0 Å². The van der Waals surface area contributed by atoms with Crippen LogP contribution in [0.25, 0.3) is 0 Å². The summed E-state index contributed by atoms with van der Waals surface area (Å²) in [6, 6.07) is 4.83. The first-order valence-electron chi connectivity index (χ1n) is 7.28. The molecule has 2 rings (SSSR count). The van der Waals surface area contributed by atoms with Gasteiger partial charge in [-0.15, -0.1) is 0 Å². The number of anilines is 1. The minimum atomic E-state index is 0.0544.